The van der Waals surface area contributed by atoms with Gasteiger partial charge in [0.1, 0.15) is 0 Å². The Morgan fingerprint density at radius 3 is 2.43 bits per heavy atom. The first-order chi connectivity index (χ1) is 11.0. The highest BCUT2D eigenvalue weighted by Crippen LogP contribution is 2.52. The number of carboxylic acids is 1. The number of hydrogen-bond donors (Lipinski definition) is 3. The number of amides is 2. The largest absolute Gasteiger partial charge is 0.481 e. The Kier molecular flexibility index (Phi) is 4.26. The molecule has 0 aliphatic heterocycles. The molecule has 2 aliphatic carbocycles. The molecular weight excluding hydrogens is 320 g/mol. The third-order valence-corrected chi connectivity index (χ3v) is 5.13. The molecule has 122 valence electrons. The number of nitrogens with one attached hydrogen (secondary N) is 2. The molecule has 2 bridgehead atoms. The predicted molar refractivity (Wildman–Crippen MR) is 82.5 cm³/mol. The van der Waals surface area contributed by atoms with Crippen LogP contribution >= 0.6 is 11.6 Å². The van der Waals surface area contributed by atoms with Crippen LogP contribution in [-0.4, -0.2) is 22.9 Å². The number of aliphatic carboxylic acids is 1. The number of benzene rings is 1. The van der Waals surface area contributed by atoms with Gasteiger partial charge in [-0.3, -0.25) is 25.2 Å². The van der Waals surface area contributed by atoms with E-state index < -0.39 is 29.6 Å². The van der Waals surface area contributed by atoms with Gasteiger partial charge in [0.05, 0.1) is 11.8 Å². The van der Waals surface area contributed by atoms with Crippen LogP contribution < -0.4 is 10.9 Å². The Morgan fingerprint density at radius 1 is 1.09 bits per heavy atom. The van der Waals surface area contributed by atoms with Crippen molar-refractivity contribution in [1.82, 2.24) is 10.9 Å². The van der Waals surface area contributed by atoms with Crippen LogP contribution in [0.25, 0.3) is 0 Å². The summed E-state index contributed by atoms with van der Waals surface area (Å²) in [6, 6.07) is 6.34. The standard InChI is InChI=1S/C16H17ClN2O4/c17-11-3-1-2-10(7-11)14(20)18-19-15(21)12-8-4-5-9(6-8)13(12)16(22)23/h1-3,7-9,12-13H,4-6H2,(H,18,20)(H,19,21)(H,22,23)/t8-,9+,12+,13+/m1/s1. The Hall–Kier alpha value is -2.08. The van der Waals surface area contributed by atoms with Crippen LogP contribution in [0, 0.1) is 23.7 Å². The highest BCUT2D eigenvalue weighted by molar-refractivity contribution is 6.30. The topological polar surface area (TPSA) is 95.5 Å². The second kappa shape index (κ2) is 6.20. The monoisotopic (exact) mass is 336 g/mol. The molecule has 0 spiro atoms. The summed E-state index contributed by atoms with van der Waals surface area (Å²) in [5.41, 5.74) is 5.02. The van der Waals surface area contributed by atoms with Crippen molar-refractivity contribution in [3.8, 4) is 0 Å². The highest BCUT2D eigenvalue weighted by Gasteiger charge is 2.54. The average molecular weight is 337 g/mol. The summed E-state index contributed by atoms with van der Waals surface area (Å²) in [6.45, 7) is 0. The van der Waals surface area contributed by atoms with Crippen LogP contribution in [-0.2, 0) is 9.59 Å². The maximum Gasteiger partial charge on any atom is 0.307 e. The van der Waals surface area contributed by atoms with Gasteiger partial charge in [0.15, 0.2) is 0 Å². The molecule has 2 amide bonds. The summed E-state index contributed by atoms with van der Waals surface area (Å²) in [7, 11) is 0. The molecule has 2 aliphatic rings. The number of halogens is 1. The van der Waals surface area contributed by atoms with Crippen molar-refractivity contribution in [2.75, 3.05) is 0 Å². The van der Waals surface area contributed by atoms with Crippen molar-refractivity contribution in [3.63, 3.8) is 0 Å². The number of carboxylic acid groups (broad SMARTS) is 1. The first-order valence-corrected chi connectivity index (χ1v) is 7.93. The molecule has 23 heavy (non-hydrogen) atoms. The Labute approximate surface area is 138 Å². The number of rotatable bonds is 3. The molecule has 6 nitrogen and oxygen atoms in total. The summed E-state index contributed by atoms with van der Waals surface area (Å²) in [6.07, 6.45) is 2.51. The number of hydrogen-bond acceptors (Lipinski definition) is 3. The molecule has 1 aromatic rings. The molecule has 3 rings (SSSR count). The lowest BCUT2D eigenvalue weighted by molar-refractivity contribution is -0.149. The summed E-state index contributed by atoms with van der Waals surface area (Å²) in [4.78, 5) is 35.7. The minimum absolute atomic E-state index is 0.0666. The normalized spacial score (nSPS) is 28.4. The maximum absolute atomic E-state index is 12.3. The van der Waals surface area contributed by atoms with E-state index in [1.165, 1.54) is 6.07 Å². The van der Waals surface area contributed by atoms with E-state index in [9.17, 15) is 19.5 Å². The number of hydrazine groups is 1. The van der Waals surface area contributed by atoms with E-state index >= 15 is 0 Å². The third kappa shape index (κ3) is 3.03. The number of carbonyl (C=O) groups excluding carboxylic acids is 2. The van der Waals surface area contributed by atoms with Gasteiger partial charge in [-0.25, -0.2) is 0 Å². The number of fused-ring (bicyclic) bond motifs is 2. The third-order valence-electron chi connectivity index (χ3n) is 4.89. The average Bonchev–Trinajstić information content (AvgIpc) is 3.13. The molecule has 3 N–H and O–H groups in total. The highest BCUT2D eigenvalue weighted by atomic mass is 35.5. The van der Waals surface area contributed by atoms with E-state index in [0.717, 1.165) is 19.3 Å². The van der Waals surface area contributed by atoms with Gasteiger partial charge < -0.3 is 5.11 Å². The van der Waals surface area contributed by atoms with E-state index in [1.54, 1.807) is 18.2 Å². The first-order valence-electron chi connectivity index (χ1n) is 7.56. The van der Waals surface area contributed by atoms with Crippen molar-refractivity contribution in [3.05, 3.63) is 34.9 Å². The van der Waals surface area contributed by atoms with E-state index in [2.05, 4.69) is 10.9 Å². The van der Waals surface area contributed by atoms with E-state index in [0.29, 0.717) is 10.6 Å². The van der Waals surface area contributed by atoms with Gasteiger partial charge >= 0.3 is 5.97 Å². The lowest BCUT2D eigenvalue weighted by atomic mass is 9.79. The fraction of sp³-hybridized carbons (Fsp3) is 0.438. The Balaban J connectivity index is 1.63. The number of carbonyl (C=O) groups is 3. The van der Waals surface area contributed by atoms with Gasteiger partial charge in [0, 0.05) is 10.6 Å². The van der Waals surface area contributed by atoms with Gasteiger partial charge in [0.2, 0.25) is 5.91 Å². The van der Waals surface area contributed by atoms with Gasteiger partial charge in [-0.2, -0.15) is 0 Å². The van der Waals surface area contributed by atoms with Gasteiger partial charge in [-0.05, 0) is 49.3 Å². The molecular formula is C16H17ClN2O4. The molecule has 0 unspecified atom stereocenters. The van der Waals surface area contributed by atoms with Crippen LogP contribution in [0.4, 0.5) is 0 Å². The smallest absolute Gasteiger partial charge is 0.307 e. The van der Waals surface area contributed by atoms with Crippen LogP contribution in [0.1, 0.15) is 29.6 Å². The van der Waals surface area contributed by atoms with Crippen LogP contribution in [0.5, 0.6) is 0 Å². The van der Waals surface area contributed by atoms with Crippen LogP contribution in [0.2, 0.25) is 5.02 Å². The molecule has 0 aromatic heterocycles. The van der Waals surface area contributed by atoms with Gasteiger partial charge in [-0.15, -0.1) is 0 Å². The summed E-state index contributed by atoms with van der Waals surface area (Å²) < 4.78 is 0. The lowest BCUT2D eigenvalue weighted by Crippen LogP contribution is -2.48. The zero-order valence-electron chi connectivity index (χ0n) is 12.3. The predicted octanol–water partition coefficient (Wildman–Crippen LogP) is 1.85. The summed E-state index contributed by atoms with van der Waals surface area (Å²) >= 11 is 5.82. The van der Waals surface area contributed by atoms with Crippen molar-refractivity contribution in [2.45, 2.75) is 19.3 Å². The molecule has 0 heterocycles. The fourth-order valence-electron chi connectivity index (χ4n) is 3.93. The van der Waals surface area contributed by atoms with Crippen molar-refractivity contribution in [2.24, 2.45) is 23.7 Å². The van der Waals surface area contributed by atoms with Crippen LogP contribution in [0.3, 0.4) is 0 Å². The summed E-state index contributed by atoms with van der Waals surface area (Å²) in [5.74, 6) is -2.93. The Morgan fingerprint density at radius 2 is 1.78 bits per heavy atom. The molecule has 0 radical (unpaired) electrons. The molecule has 2 saturated carbocycles. The van der Waals surface area contributed by atoms with Crippen LogP contribution in [0.15, 0.2) is 24.3 Å². The molecule has 1 aromatic carbocycles. The summed E-state index contributed by atoms with van der Waals surface area (Å²) in [5, 5.41) is 9.78. The molecule has 0 saturated heterocycles. The van der Waals surface area contributed by atoms with Crippen molar-refractivity contribution >= 4 is 29.4 Å². The minimum atomic E-state index is -0.932. The van der Waals surface area contributed by atoms with E-state index in [4.69, 9.17) is 11.6 Å². The van der Waals surface area contributed by atoms with Gasteiger partial charge in [0.25, 0.3) is 5.91 Å². The molecule has 2 fully saturated rings. The second-order valence-electron chi connectivity index (χ2n) is 6.18. The van der Waals surface area contributed by atoms with Crippen molar-refractivity contribution in [1.29, 1.82) is 0 Å². The SMILES string of the molecule is O=C(NNC(=O)[C@H]1[C@@H]2CC[C@@H](C2)[C@@H]1C(=O)O)c1cccc(Cl)c1. The minimum Gasteiger partial charge on any atom is -0.481 e. The van der Waals surface area contributed by atoms with Crippen molar-refractivity contribution < 1.29 is 19.5 Å². The zero-order valence-corrected chi connectivity index (χ0v) is 13.0. The molecule has 7 heteroatoms. The zero-order chi connectivity index (χ0) is 16.6. The van der Waals surface area contributed by atoms with E-state index in [-0.39, 0.29) is 11.8 Å². The van der Waals surface area contributed by atoms with Gasteiger partial charge in [-0.1, -0.05) is 17.7 Å². The lowest BCUT2D eigenvalue weighted by Gasteiger charge is -2.26. The maximum atomic E-state index is 12.3. The second-order valence-corrected chi connectivity index (χ2v) is 6.61. The van der Waals surface area contributed by atoms with E-state index in [1.807, 2.05) is 0 Å². The Bertz CT molecular complexity index is 663. The fourth-order valence-corrected chi connectivity index (χ4v) is 4.12. The first kappa shape index (κ1) is 15.8. The quantitative estimate of drug-likeness (QED) is 0.734. The molecule has 4 atom stereocenters.